The number of para-hydroxylation sites is 1. The second kappa shape index (κ2) is 4.11. The number of anilines is 1. The number of nitrogens with two attached hydrogens (primary N) is 1. The fourth-order valence-corrected chi connectivity index (χ4v) is 1.65. The SMILES string of the molecule is Nc1ncsc1COc1ccccc1. The number of ether oxygens (including phenoxy) is 1. The van der Waals surface area contributed by atoms with Gasteiger partial charge >= 0.3 is 0 Å². The van der Waals surface area contributed by atoms with Gasteiger partial charge in [-0.3, -0.25) is 0 Å². The van der Waals surface area contributed by atoms with Gasteiger partial charge in [-0.1, -0.05) is 18.2 Å². The number of hydrogen-bond acceptors (Lipinski definition) is 4. The Bertz CT molecular complexity index is 400. The van der Waals surface area contributed by atoms with Crippen LogP contribution in [0.15, 0.2) is 35.8 Å². The van der Waals surface area contributed by atoms with Crippen molar-refractivity contribution in [1.82, 2.24) is 4.98 Å². The quantitative estimate of drug-likeness (QED) is 0.838. The molecule has 0 fully saturated rings. The van der Waals surface area contributed by atoms with Crippen LogP contribution in [-0.2, 0) is 6.61 Å². The molecule has 1 aromatic carbocycles. The van der Waals surface area contributed by atoms with Crippen LogP contribution in [-0.4, -0.2) is 4.98 Å². The highest BCUT2D eigenvalue weighted by atomic mass is 32.1. The minimum Gasteiger partial charge on any atom is -0.488 e. The molecule has 2 rings (SSSR count). The first kappa shape index (κ1) is 9.02. The Morgan fingerprint density at radius 1 is 1.29 bits per heavy atom. The third-order valence-electron chi connectivity index (χ3n) is 1.79. The zero-order valence-corrected chi connectivity index (χ0v) is 8.33. The normalized spacial score (nSPS) is 10.0. The summed E-state index contributed by atoms with van der Waals surface area (Å²) in [6.45, 7) is 0.487. The molecule has 0 aliphatic carbocycles. The van der Waals surface area contributed by atoms with Crippen molar-refractivity contribution in [3.8, 4) is 5.75 Å². The van der Waals surface area contributed by atoms with E-state index in [4.69, 9.17) is 10.5 Å². The molecule has 0 amide bonds. The van der Waals surface area contributed by atoms with E-state index in [1.165, 1.54) is 11.3 Å². The second-order valence-electron chi connectivity index (χ2n) is 2.76. The highest BCUT2D eigenvalue weighted by Gasteiger charge is 2.02. The Balaban J connectivity index is 1.99. The van der Waals surface area contributed by atoms with Gasteiger partial charge in [-0.15, -0.1) is 11.3 Å². The molecule has 2 N–H and O–H groups in total. The first-order chi connectivity index (χ1) is 6.86. The summed E-state index contributed by atoms with van der Waals surface area (Å²) in [7, 11) is 0. The molecule has 2 aromatic rings. The van der Waals surface area contributed by atoms with Gasteiger partial charge in [-0.25, -0.2) is 4.98 Å². The monoisotopic (exact) mass is 206 g/mol. The maximum absolute atomic E-state index is 5.62. The fraction of sp³-hybridized carbons (Fsp3) is 0.100. The first-order valence-corrected chi connectivity index (χ1v) is 5.10. The van der Waals surface area contributed by atoms with Crippen molar-refractivity contribution in [3.63, 3.8) is 0 Å². The van der Waals surface area contributed by atoms with E-state index in [1.807, 2.05) is 30.3 Å². The van der Waals surface area contributed by atoms with Gasteiger partial charge < -0.3 is 10.5 Å². The minimum atomic E-state index is 0.487. The van der Waals surface area contributed by atoms with Crippen molar-refractivity contribution >= 4 is 17.2 Å². The maximum Gasteiger partial charge on any atom is 0.141 e. The Labute approximate surface area is 86.2 Å². The van der Waals surface area contributed by atoms with Crippen molar-refractivity contribution in [2.24, 2.45) is 0 Å². The van der Waals surface area contributed by atoms with Gasteiger partial charge in [0.25, 0.3) is 0 Å². The lowest BCUT2D eigenvalue weighted by Gasteiger charge is -2.03. The zero-order chi connectivity index (χ0) is 9.80. The van der Waals surface area contributed by atoms with E-state index >= 15 is 0 Å². The topological polar surface area (TPSA) is 48.1 Å². The van der Waals surface area contributed by atoms with Crippen molar-refractivity contribution < 1.29 is 4.74 Å². The van der Waals surface area contributed by atoms with Crippen LogP contribution >= 0.6 is 11.3 Å². The van der Waals surface area contributed by atoms with Crippen LogP contribution in [0.2, 0.25) is 0 Å². The lowest BCUT2D eigenvalue weighted by atomic mass is 10.3. The molecule has 3 nitrogen and oxygen atoms in total. The molecule has 0 bridgehead atoms. The van der Waals surface area contributed by atoms with Gasteiger partial charge in [0.15, 0.2) is 0 Å². The predicted molar refractivity (Wildman–Crippen MR) is 57.3 cm³/mol. The van der Waals surface area contributed by atoms with Crippen molar-refractivity contribution in [3.05, 3.63) is 40.7 Å². The highest BCUT2D eigenvalue weighted by Crippen LogP contribution is 2.18. The molecule has 0 radical (unpaired) electrons. The Kier molecular flexibility index (Phi) is 2.65. The molecule has 0 aliphatic rings. The molecule has 0 unspecified atom stereocenters. The van der Waals surface area contributed by atoms with Crippen molar-refractivity contribution in [2.45, 2.75) is 6.61 Å². The summed E-state index contributed by atoms with van der Waals surface area (Å²) >= 11 is 1.51. The van der Waals surface area contributed by atoms with Crippen molar-refractivity contribution in [2.75, 3.05) is 5.73 Å². The largest absolute Gasteiger partial charge is 0.488 e. The first-order valence-electron chi connectivity index (χ1n) is 4.22. The molecule has 1 aromatic heterocycles. The van der Waals surface area contributed by atoms with E-state index in [2.05, 4.69) is 4.98 Å². The average Bonchev–Trinajstić information content (AvgIpc) is 2.63. The third kappa shape index (κ3) is 2.03. The number of nitrogens with zero attached hydrogens (tertiary/aromatic N) is 1. The molecule has 72 valence electrons. The summed E-state index contributed by atoms with van der Waals surface area (Å²) in [5, 5.41) is 0. The number of thiazole rings is 1. The molecule has 0 atom stereocenters. The maximum atomic E-state index is 5.62. The van der Waals surface area contributed by atoms with Crippen LogP contribution in [0, 0.1) is 0 Å². The summed E-state index contributed by atoms with van der Waals surface area (Å²) in [5.74, 6) is 1.41. The van der Waals surface area contributed by atoms with E-state index in [0.717, 1.165) is 10.6 Å². The van der Waals surface area contributed by atoms with Gasteiger partial charge in [0, 0.05) is 0 Å². The number of benzene rings is 1. The number of rotatable bonds is 3. The summed E-state index contributed by atoms with van der Waals surface area (Å²) in [4.78, 5) is 4.91. The van der Waals surface area contributed by atoms with Crippen molar-refractivity contribution in [1.29, 1.82) is 0 Å². The van der Waals surface area contributed by atoms with Gasteiger partial charge in [0.2, 0.25) is 0 Å². The summed E-state index contributed by atoms with van der Waals surface area (Å²) in [5.41, 5.74) is 7.35. The minimum absolute atomic E-state index is 0.487. The van der Waals surface area contributed by atoms with E-state index < -0.39 is 0 Å². The van der Waals surface area contributed by atoms with Crippen LogP contribution in [0.5, 0.6) is 5.75 Å². The summed E-state index contributed by atoms with van der Waals surface area (Å²) in [6, 6.07) is 9.65. The van der Waals surface area contributed by atoms with Crippen LogP contribution in [0.4, 0.5) is 5.82 Å². The summed E-state index contributed by atoms with van der Waals surface area (Å²) < 4.78 is 5.52. The second-order valence-corrected chi connectivity index (χ2v) is 3.70. The fourth-order valence-electron chi connectivity index (χ4n) is 1.05. The lowest BCUT2D eigenvalue weighted by Crippen LogP contribution is -1.96. The van der Waals surface area contributed by atoms with Crippen LogP contribution in [0.25, 0.3) is 0 Å². The molecule has 4 heteroatoms. The molecule has 1 heterocycles. The van der Waals surface area contributed by atoms with Gasteiger partial charge in [0.05, 0.1) is 10.4 Å². The number of aromatic nitrogens is 1. The lowest BCUT2D eigenvalue weighted by molar-refractivity contribution is 0.310. The Morgan fingerprint density at radius 2 is 2.07 bits per heavy atom. The number of nitrogen functional groups attached to an aromatic ring is 1. The molecule has 0 aliphatic heterocycles. The van der Waals surface area contributed by atoms with Crippen LogP contribution in [0.3, 0.4) is 0 Å². The van der Waals surface area contributed by atoms with E-state index in [0.29, 0.717) is 12.4 Å². The van der Waals surface area contributed by atoms with Crippen LogP contribution < -0.4 is 10.5 Å². The van der Waals surface area contributed by atoms with E-state index in [-0.39, 0.29) is 0 Å². The summed E-state index contributed by atoms with van der Waals surface area (Å²) in [6.07, 6.45) is 0. The highest BCUT2D eigenvalue weighted by molar-refractivity contribution is 7.10. The number of hydrogen-bond donors (Lipinski definition) is 1. The van der Waals surface area contributed by atoms with E-state index in [9.17, 15) is 0 Å². The standard InChI is InChI=1S/C10H10N2OS/c11-10-9(14-7-12-10)6-13-8-4-2-1-3-5-8/h1-5,7H,6,11H2. The van der Waals surface area contributed by atoms with Gasteiger partial charge in [-0.2, -0.15) is 0 Å². The molecule has 0 saturated carbocycles. The zero-order valence-electron chi connectivity index (χ0n) is 7.51. The Hall–Kier alpha value is -1.55. The molecular weight excluding hydrogens is 196 g/mol. The van der Waals surface area contributed by atoms with Gasteiger partial charge in [0.1, 0.15) is 18.2 Å². The predicted octanol–water partition coefficient (Wildman–Crippen LogP) is 2.30. The average molecular weight is 206 g/mol. The van der Waals surface area contributed by atoms with Gasteiger partial charge in [-0.05, 0) is 12.1 Å². The molecular formula is C10H10N2OS. The molecule has 14 heavy (non-hydrogen) atoms. The smallest absolute Gasteiger partial charge is 0.141 e. The Morgan fingerprint density at radius 3 is 2.71 bits per heavy atom. The van der Waals surface area contributed by atoms with E-state index in [1.54, 1.807) is 5.51 Å². The van der Waals surface area contributed by atoms with Crippen LogP contribution in [0.1, 0.15) is 4.88 Å². The molecule has 0 spiro atoms. The third-order valence-corrected chi connectivity index (χ3v) is 2.61. The molecule has 0 saturated heterocycles.